The Kier molecular flexibility index (Phi) is 3.82. The highest BCUT2D eigenvalue weighted by Gasteiger charge is 2.32. The van der Waals surface area contributed by atoms with Crippen molar-refractivity contribution in [2.45, 2.75) is 25.8 Å². The van der Waals surface area contributed by atoms with Crippen molar-refractivity contribution in [3.8, 4) is 0 Å². The third kappa shape index (κ3) is 3.25. The summed E-state index contributed by atoms with van der Waals surface area (Å²) in [6, 6.07) is 0. The predicted molar refractivity (Wildman–Crippen MR) is 74.3 cm³/mol. The van der Waals surface area contributed by atoms with E-state index in [1.54, 1.807) is 12.4 Å². The van der Waals surface area contributed by atoms with Crippen molar-refractivity contribution in [1.82, 2.24) is 14.9 Å². The highest BCUT2D eigenvalue weighted by atomic mass is 16.4. The number of piperidine rings is 1. The molecule has 2 fully saturated rings. The van der Waals surface area contributed by atoms with Crippen LogP contribution in [0.25, 0.3) is 0 Å². The lowest BCUT2D eigenvalue weighted by atomic mass is 9.98. The molecule has 6 heteroatoms. The maximum Gasteiger partial charge on any atom is 0.322 e. The van der Waals surface area contributed by atoms with Crippen LogP contribution in [0.3, 0.4) is 0 Å². The number of fused-ring (bicyclic) bond motifs is 2. The van der Waals surface area contributed by atoms with E-state index in [1.165, 1.54) is 32.4 Å². The van der Waals surface area contributed by atoms with E-state index < -0.39 is 5.97 Å². The Morgan fingerprint density at radius 1 is 1.30 bits per heavy atom. The second-order valence-corrected chi connectivity index (χ2v) is 5.90. The summed E-state index contributed by atoms with van der Waals surface area (Å²) in [5, 5.41) is 11.2. The number of carboxylic acid groups (broad SMARTS) is 1. The zero-order valence-corrected chi connectivity index (χ0v) is 11.5. The van der Waals surface area contributed by atoms with Crippen LogP contribution in [0.15, 0.2) is 12.4 Å². The maximum absolute atomic E-state index is 10.4. The van der Waals surface area contributed by atoms with E-state index in [9.17, 15) is 4.79 Å². The minimum Gasteiger partial charge on any atom is -0.480 e. The Balaban J connectivity index is 1.54. The van der Waals surface area contributed by atoms with Crippen molar-refractivity contribution in [3.63, 3.8) is 0 Å². The standard InChI is InChI=1S/C14H20N4O2/c19-13(20)6-17-14-15-4-12(5-16-14)9-18-7-10-1-2-11(3-10)8-18/h4-5,10-11H,1-3,6-9H2,(H,19,20)(H,15,16,17)/t10-,11+. The molecule has 1 saturated carbocycles. The van der Waals surface area contributed by atoms with Gasteiger partial charge in [0.05, 0.1) is 0 Å². The molecule has 0 spiro atoms. The lowest BCUT2D eigenvalue weighted by molar-refractivity contribution is -0.134. The van der Waals surface area contributed by atoms with Crippen molar-refractivity contribution < 1.29 is 9.90 Å². The molecule has 0 aromatic carbocycles. The Morgan fingerprint density at radius 2 is 1.95 bits per heavy atom. The van der Waals surface area contributed by atoms with Crippen molar-refractivity contribution in [2.24, 2.45) is 11.8 Å². The lowest BCUT2D eigenvalue weighted by Crippen LogP contribution is -2.35. The van der Waals surface area contributed by atoms with Crippen LogP contribution in [0.1, 0.15) is 24.8 Å². The smallest absolute Gasteiger partial charge is 0.322 e. The first kappa shape index (κ1) is 13.3. The van der Waals surface area contributed by atoms with Crippen LogP contribution in [0.5, 0.6) is 0 Å². The zero-order valence-electron chi connectivity index (χ0n) is 11.5. The van der Waals surface area contributed by atoms with E-state index in [4.69, 9.17) is 5.11 Å². The second kappa shape index (κ2) is 5.75. The topological polar surface area (TPSA) is 78.3 Å². The van der Waals surface area contributed by atoms with Crippen LogP contribution in [0.4, 0.5) is 5.95 Å². The molecule has 0 unspecified atom stereocenters. The number of anilines is 1. The van der Waals surface area contributed by atoms with Gasteiger partial charge in [0.2, 0.25) is 5.95 Å². The van der Waals surface area contributed by atoms with Crippen molar-refractivity contribution in [3.05, 3.63) is 18.0 Å². The second-order valence-electron chi connectivity index (χ2n) is 5.90. The molecule has 2 atom stereocenters. The van der Waals surface area contributed by atoms with Gasteiger partial charge in [-0.25, -0.2) is 9.97 Å². The van der Waals surface area contributed by atoms with Gasteiger partial charge in [-0.3, -0.25) is 9.69 Å². The monoisotopic (exact) mass is 276 g/mol. The molecule has 1 aliphatic carbocycles. The minimum absolute atomic E-state index is 0.158. The normalized spacial score (nSPS) is 25.6. The lowest BCUT2D eigenvalue weighted by Gasteiger charge is -2.31. The van der Waals surface area contributed by atoms with E-state index in [2.05, 4.69) is 20.2 Å². The molecule has 6 nitrogen and oxygen atoms in total. The molecule has 2 heterocycles. The number of rotatable bonds is 5. The van der Waals surface area contributed by atoms with Crippen LogP contribution in [0, 0.1) is 11.8 Å². The summed E-state index contributed by atoms with van der Waals surface area (Å²) < 4.78 is 0. The van der Waals surface area contributed by atoms with E-state index in [0.29, 0.717) is 5.95 Å². The number of aromatic nitrogens is 2. The van der Waals surface area contributed by atoms with Crippen LogP contribution < -0.4 is 5.32 Å². The van der Waals surface area contributed by atoms with Gasteiger partial charge in [-0.1, -0.05) is 0 Å². The fraction of sp³-hybridized carbons (Fsp3) is 0.643. The molecule has 1 aromatic rings. The van der Waals surface area contributed by atoms with E-state index in [1.807, 2.05) is 0 Å². The number of nitrogens with zero attached hydrogens (tertiary/aromatic N) is 3. The molecule has 1 aromatic heterocycles. The molecular formula is C14H20N4O2. The molecule has 0 radical (unpaired) electrons. The molecule has 2 N–H and O–H groups in total. The fourth-order valence-electron chi connectivity index (χ4n) is 3.38. The first-order valence-electron chi connectivity index (χ1n) is 7.18. The van der Waals surface area contributed by atoms with Gasteiger partial charge in [0, 0.05) is 37.6 Å². The van der Waals surface area contributed by atoms with E-state index in [0.717, 1.165) is 23.9 Å². The molecule has 1 aliphatic heterocycles. The quantitative estimate of drug-likeness (QED) is 0.841. The summed E-state index contributed by atoms with van der Waals surface area (Å²) in [6.07, 6.45) is 7.75. The number of likely N-dealkylation sites (tertiary alicyclic amines) is 1. The van der Waals surface area contributed by atoms with Crippen LogP contribution in [-0.2, 0) is 11.3 Å². The van der Waals surface area contributed by atoms with Gasteiger partial charge in [0.25, 0.3) is 0 Å². The van der Waals surface area contributed by atoms with Crippen molar-refractivity contribution in [2.75, 3.05) is 25.0 Å². The zero-order chi connectivity index (χ0) is 13.9. The van der Waals surface area contributed by atoms with Gasteiger partial charge in [-0.2, -0.15) is 0 Å². The number of nitrogens with one attached hydrogen (secondary N) is 1. The first-order valence-corrected chi connectivity index (χ1v) is 7.18. The number of hydrogen-bond donors (Lipinski definition) is 2. The Bertz CT molecular complexity index is 465. The average Bonchev–Trinajstić information content (AvgIpc) is 2.77. The van der Waals surface area contributed by atoms with E-state index >= 15 is 0 Å². The molecule has 2 bridgehead atoms. The summed E-state index contributed by atoms with van der Waals surface area (Å²) >= 11 is 0. The minimum atomic E-state index is -0.915. The van der Waals surface area contributed by atoms with Gasteiger partial charge in [0.15, 0.2) is 0 Å². The summed E-state index contributed by atoms with van der Waals surface area (Å²) in [5.41, 5.74) is 1.09. The summed E-state index contributed by atoms with van der Waals surface area (Å²) in [5.74, 6) is 1.22. The van der Waals surface area contributed by atoms with Gasteiger partial charge in [-0.15, -0.1) is 0 Å². The third-order valence-electron chi connectivity index (χ3n) is 4.19. The molecule has 2 aliphatic rings. The molecule has 3 rings (SSSR count). The average molecular weight is 276 g/mol. The fourth-order valence-corrected chi connectivity index (χ4v) is 3.38. The van der Waals surface area contributed by atoms with Gasteiger partial charge in [-0.05, 0) is 31.1 Å². The third-order valence-corrected chi connectivity index (χ3v) is 4.19. The number of carboxylic acids is 1. The highest BCUT2D eigenvalue weighted by molar-refractivity contribution is 5.71. The summed E-state index contributed by atoms with van der Waals surface area (Å²) in [7, 11) is 0. The van der Waals surface area contributed by atoms with Crippen LogP contribution in [0.2, 0.25) is 0 Å². The van der Waals surface area contributed by atoms with E-state index in [-0.39, 0.29) is 6.54 Å². The molecule has 0 amide bonds. The summed E-state index contributed by atoms with van der Waals surface area (Å²) in [4.78, 5) is 21.3. The predicted octanol–water partition coefficient (Wildman–Crippen LogP) is 1.20. The van der Waals surface area contributed by atoms with Gasteiger partial charge >= 0.3 is 5.97 Å². The maximum atomic E-state index is 10.4. The van der Waals surface area contributed by atoms with Crippen LogP contribution in [-0.4, -0.2) is 45.6 Å². The number of hydrogen-bond acceptors (Lipinski definition) is 5. The number of aliphatic carboxylic acids is 1. The molecular weight excluding hydrogens is 256 g/mol. The van der Waals surface area contributed by atoms with Crippen molar-refractivity contribution in [1.29, 1.82) is 0 Å². The van der Waals surface area contributed by atoms with Gasteiger partial charge in [0.1, 0.15) is 6.54 Å². The van der Waals surface area contributed by atoms with Gasteiger partial charge < -0.3 is 10.4 Å². The molecule has 1 saturated heterocycles. The molecule has 20 heavy (non-hydrogen) atoms. The number of carbonyl (C=O) groups is 1. The van der Waals surface area contributed by atoms with Crippen molar-refractivity contribution >= 4 is 11.9 Å². The van der Waals surface area contributed by atoms with Crippen LogP contribution >= 0.6 is 0 Å². The highest BCUT2D eigenvalue weighted by Crippen LogP contribution is 2.36. The Labute approximate surface area is 118 Å². The Hall–Kier alpha value is -1.69. The molecule has 108 valence electrons. The SMILES string of the molecule is O=C(O)CNc1ncc(CN2C[C@@H]3CC[C@@H](C3)C2)cn1. The Morgan fingerprint density at radius 3 is 2.55 bits per heavy atom. The summed E-state index contributed by atoms with van der Waals surface area (Å²) in [6.45, 7) is 3.12. The first-order chi connectivity index (χ1) is 9.69. The largest absolute Gasteiger partial charge is 0.480 e.